The van der Waals surface area contributed by atoms with Crippen molar-refractivity contribution in [2.75, 3.05) is 0 Å². The van der Waals surface area contributed by atoms with Gasteiger partial charge >= 0.3 is 40.9 Å². The maximum absolute atomic E-state index is 12.6. The molecule has 0 aliphatic heterocycles. The van der Waals surface area contributed by atoms with Gasteiger partial charge in [-0.2, -0.15) is 4.57 Å². The van der Waals surface area contributed by atoms with Gasteiger partial charge in [0.2, 0.25) is 0 Å². The first-order valence-electron chi connectivity index (χ1n) is 8.31. The topological polar surface area (TPSA) is 206 Å². The number of aromatic nitrogens is 3. The first-order valence-corrected chi connectivity index (χ1v) is 8.31. The zero-order valence-corrected chi connectivity index (χ0v) is 17.1. The van der Waals surface area contributed by atoms with E-state index in [2.05, 4.69) is 34.1 Å². The van der Waals surface area contributed by atoms with Crippen molar-refractivity contribution in [1.82, 2.24) is 14.0 Å². The van der Waals surface area contributed by atoms with E-state index in [0.717, 1.165) is 20.8 Å². The van der Waals surface area contributed by atoms with Gasteiger partial charge < -0.3 is 29.7 Å². The Kier molecular flexibility index (Phi) is 7.61. The lowest BCUT2D eigenvalue weighted by molar-refractivity contribution is -0.346. The van der Waals surface area contributed by atoms with Gasteiger partial charge in [-0.3, -0.25) is 0 Å². The molecule has 0 aliphatic carbocycles. The minimum absolute atomic E-state index is 0.319. The molecule has 0 fully saturated rings. The number of rotatable bonds is 8. The first kappa shape index (κ1) is 26.0. The number of ether oxygens (including phenoxy) is 1. The summed E-state index contributed by atoms with van der Waals surface area (Å²) in [6, 6.07) is 0. The molecule has 1 atom stereocenters. The van der Waals surface area contributed by atoms with Crippen LogP contribution in [0.15, 0.2) is 50.8 Å². The summed E-state index contributed by atoms with van der Waals surface area (Å²) in [5, 5.41) is 30.2. The number of carbonyl (C=O) groups is 3. The lowest BCUT2D eigenvalue weighted by atomic mass is 10.3. The van der Waals surface area contributed by atoms with Gasteiger partial charge in [0.1, 0.15) is 0 Å². The van der Waals surface area contributed by atoms with Gasteiger partial charge in [0, 0.05) is 16.7 Å². The van der Waals surface area contributed by atoms with E-state index in [-0.39, 0.29) is 16.7 Å². The second-order valence-corrected chi connectivity index (χ2v) is 6.32. The fourth-order valence-electron chi connectivity index (χ4n) is 1.66. The van der Waals surface area contributed by atoms with E-state index >= 15 is 0 Å². The fourth-order valence-corrected chi connectivity index (χ4v) is 1.66. The number of carbonyl (C=O) groups excluding carboxylic acids is 3. The summed E-state index contributed by atoms with van der Waals surface area (Å²) in [4.78, 5) is 81.5. The number of hydrogen-bond acceptors (Lipinski definition) is 12. The predicted octanol–water partition coefficient (Wildman–Crippen LogP) is -3.73. The van der Waals surface area contributed by atoms with Crippen LogP contribution in [-0.2, 0) is 25.0 Å². The Balaban J connectivity index is 3.88. The van der Waals surface area contributed by atoms with E-state index in [1.54, 1.807) is 0 Å². The zero-order valence-electron chi connectivity index (χ0n) is 17.1. The van der Waals surface area contributed by atoms with E-state index in [1.807, 2.05) is 0 Å². The van der Waals surface area contributed by atoms with Crippen molar-refractivity contribution in [2.24, 2.45) is 0 Å². The average Bonchev–Trinajstić information content (AvgIpc) is 2.67. The van der Waals surface area contributed by atoms with Crippen molar-refractivity contribution in [3.05, 3.63) is 67.9 Å². The number of aliphatic hydroxyl groups is 3. The van der Waals surface area contributed by atoms with Gasteiger partial charge in [-0.15, -0.1) is 0 Å². The van der Waals surface area contributed by atoms with Crippen LogP contribution in [0.1, 0.15) is 20.8 Å². The lowest BCUT2D eigenvalue weighted by Gasteiger charge is -2.27. The van der Waals surface area contributed by atoms with E-state index in [0.29, 0.717) is 0 Å². The third-order valence-electron chi connectivity index (χ3n) is 3.35. The molecular weight excluding hydrogens is 438 g/mol. The Morgan fingerprint density at radius 2 is 1.12 bits per heavy atom. The summed E-state index contributed by atoms with van der Waals surface area (Å²) in [5.41, 5.74) is -6.96. The SMILES string of the molecule is C=C(C)C(=O)OC(O)C(O)(O)n1c(=O)n(OC(=O)C(=C)C)c(=O)n(OC(=O)C(=C)C)c1=O. The molecule has 0 spiro atoms. The molecule has 0 aliphatic rings. The summed E-state index contributed by atoms with van der Waals surface area (Å²) >= 11 is 0. The molecule has 0 radical (unpaired) electrons. The van der Waals surface area contributed by atoms with Gasteiger partial charge in [0.15, 0.2) is 0 Å². The molecule has 1 aromatic heterocycles. The standard InChI is InChI=1S/C17H19N3O12/c1-7(2)10(21)30-13(24)17(28,29)18-14(25)19(31-11(22)8(3)4)16(27)20(15(18)26)32-12(23)9(5)6/h13,24,28-29H,1,3,5H2,2,4,6H3. The highest BCUT2D eigenvalue weighted by atomic mass is 16.7. The lowest BCUT2D eigenvalue weighted by Crippen LogP contribution is -2.66. The Morgan fingerprint density at radius 1 is 0.781 bits per heavy atom. The largest absolute Gasteiger partial charge is 0.424 e. The molecule has 0 saturated carbocycles. The van der Waals surface area contributed by atoms with Crippen molar-refractivity contribution in [2.45, 2.75) is 33.0 Å². The molecular formula is C17H19N3O12. The second kappa shape index (κ2) is 9.38. The van der Waals surface area contributed by atoms with Gasteiger partial charge in [-0.25, -0.2) is 28.8 Å². The van der Waals surface area contributed by atoms with Crippen molar-refractivity contribution < 1.29 is 44.1 Å². The number of esters is 1. The zero-order chi connectivity index (χ0) is 25.1. The third kappa shape index (κ3) is 5.15. The number of nitrogens with zero attached hydrogens (tertiary/aromatic N) is 3. The maximum Gasteiger partial charge on any atom is 0.404 e. The van der Waals surface area contributed by atoms with Gasteiger partial charge in [0.25, 0.3) is 6.29 Å². The van der Waals surface area contributed by atoms with Crippen LogP contribution in [0.2, 0.25) is 0 Å². The van der Waals surface area contributed by atoms with Crippen LogP contribution in [0.25, 0.3) is 0 Å². The van der Waals surface area contributed by atoms with Crippen LogP contribution in [0.3, 0.4) is 0 Å². The van der Waals surface area contributed by atoms with Crippen LogP contribution < -0.4 is 26.7 Å². The van der Waals surface area contributed by atoms with E-state index in [9.17, 15) is 44.1 Å². The van der Waals surface area contributed by atoms with Crippen molar-refractivity contribution >= 4 is 17.9 Å². The van der Waals surface area contributed by atoms with E-state index in [1.165, 1.54) is 0 Å². The molecule has 3 N–H and O–H groups in total. The Bertz CT molecular complexity index is 1130. The first-order chi connectivity index (χ1) is 14.5. The number of hydrogen-bond donors (Lipinski definition) is 3. The highest BCUT2D eigenvalue weighted by Crippen LogP contribution is 2.12. The molecule has 1 rings (SSSR count). The molecule has 0 bridgehead atoms. The maximum atomic E-state index is 12.6. The predicted molar refractivity (Wildman–Crippen MR) is 101 cm³/mol. The van der Waals surface area contributed by atoms with Crippen LogP contribution in [-0.4, -0.2) is 53.5 Å². The highest BCUT2D eigenvalue weighted by molar-refractivity contribution is 5.87. The molecule has 1 heterocycles. The third-order valence-corrected chi connectivity index (χ3v) is 3.35. The van der Waals surface area contributed by atoms with Gasteiger partial charge in [-0.05, 0) is 20.8 Å². The van der Waals surface area contributed by atoms with Gasteiger partial charge in [0.05, 0.1) is 0 Å². The normalized spacial score (nSPS) is 11.8. The summed E-state index contributed by atoms with van der Waals surface area (Å²) in [5.74, 6) is -8.21. The fraction of sp³-hybridized carbons (Fsp3) is 0.294. The molecule has 174 valence electrons. The van der Waals surface area contributed by atoms with Crippen molar-refractivity contribution in [1.29, 1.82) is 0 Å². The molecule has 1 aromatic rings. The van der Waals surface area contributed by atoms with Crippen LogP contribution in [0.5, 0.6) is 0 Å². The minimum Gasteiger partial charge on any atom is -0.424 e. The molecule has 15 nitrogen and oxygen atoms in total. The Hall–Kier alpha value is -4.08. The molecule has 0 saturated heterocycles. The minimum atomic E-state index is -4.07. The van der Waals surface area contributed by atoms with Crippen molar-refractivity contribution in [3.63, 3.8) is 0 Å². The van der Waals surface area contributed by atoms with E-state index in [4.69, 9.17) is 0 Å². The van der Waals surface area contributed by atoms with E-state index < -0.39 is 61.2 Å². The Labute approximate surface area is 177 Å². The molecule has 0 aromatic carbocycles. The van der Waals surface area contributed by atoms with Crippen LogP contribution in [0.4, 0.5) is 0 Å². The van der Waals surface area contributed by atoms with Crippen LogP contribution >= 0.6 is 0 Å². The Morgan fingerprint density at radius 3 is 1.44 bits per heavy atom. The smallest absolute Gasteiger partial charge is 0.404 e. The van der Waals surface area contributed by atoms with Crippen molar-refractivity contribution in [3.8, 4) is 0 Å². The molecule has 15 heteroatoms. The summed E-state index contributed by atoms with van der Waals surface area (Å²) in [7, 11) is 0. The number of aliphatic hydroxyl groups excluding tert-OH is 1. The highest BCUT2D eigenvalue weighted by Gasteiger charge is 2.44. The quantitative estimate of drug-likeness (QED) is 0.196. The second-order valence-electron chi connectivity index (χ2n) is 6.32. The summed E-state index contributed by atoms with van der Waals surface area (Å²) in [6.07, 6.45) is -3.02. The van der Waals surface area contributed by atoms with Gasteiger partial charge in [-0.1, -0.05) is 29.2 Å². The summed E-state index contributed by atoms with van der Waals surface area (Å²) in [6.45, 7) is 12.9. The molecule has 0 amide bonds. The molecule has 1 unspecified atom stereocenters. The summed E-state index contributed by atoms with van der Waals surface area (Å²) < 4.78 is 2.57. The monoisotopic (exact) mass is 457 g/mol. The average molecular weight is 457 g/mol. The molecule has 32 heavy (non-hydrogen) atoms. The van der Waals surface area contributed by atoms with Crippen LogP contribution in [0, 0.1) is 0 Å².